The molecule has 6 heteroatoms. The second-order valence-corrected chi connectivity index (χ2v) is 9.12. The second-order valence-electron chi connectivity index (χ2n) is 4.88. The van der Waals surface area contributed by atoms with Crippen molar-refractivity contribution in [2.24, 2.45) is 0 Å². The largest absolute Gasteiger partial charge is 0.228 e. The minimum Gasteiger partial charge on any atom is -0.228 e. The molecule has 4 nitrogen and oxygen atoms in total. The topological polar surface area (TPSA) is 68.3 Å². The molecular weight excluding hydrogens is 308 g/mol. The van der Waals surface area contributed by atoms with Crippen molar-refractivity contribution in [1.82, 2.24) is 0 Å². The van der Waals surface area contributed by atoms with Crippen LogP contribution in [0.3, 0.4) is 0 Å². The van der Waals surface area contributed by atoms with E-state index in [1.165, 1.54) is 12.1 Å². The molecule has 1 aromatic carbocycles. The molecule has 0 saturated heterocycles. The molecule has 0 heterocycles. The smallest absolute Gasteiger partial charge is 0.203 e. The molecular formula is C15H20O4S2. The van der Waals surface area contributed by atoms with Crippen LogP contribution in [0, 0.1) is 6.92 Å². The van der Waals surface area contributed by atoms with Crippen molar-refractivity contribution >= 4 is 19.7 Å². The van der Waals surface area contributed by atoms with Crippen molar-refractivity contribution in [1.29, 1.82) is 0 Å². The molecule has 0 N–H and O–H groups in total. The van der Waals surface area contributed by atoms with Gasteiger partial charge >= 0.3 is 0 Å². The predicted octanol–water partition coefficient (Wildman–Crippen LogP) is 2.66. The highest BCUT2D eigenvalue weighted by Crippen LogP contribution is 2.20. The molecule has 0 aliphatic rings. The standard InChI is InChI=1S/C15H20O4S2/c1-4-5-6-11-20(16,17)12-14(3)21(18,19)15-9-7-13(2)8-10-15/h4,7-10H,1,3,5-6,11-12H2,2H3. The summed E-state index contributed by atoms with van der Waals surface area (Å²) in [5.74, 6) is -0.609. The molecule has 0 fully saturated rings. The van der Waals surface area contributed by atoms with E-state index in [-0.39, 0.29) is 15.6 Å². The number of allylic oxidation sites excluding steroid dienone is 1. The van der Waals surface area contributed by atoms with Crippen LogP contribution >= 0.6 is 0 Å². The molecule has 0 saturated carbocycles. The van der Waals surface area contributed by atoms with Crippen LogP contribution in [0.15, 0.2) is 53.3 Å². The SMILES string of the molecule is C=CCCCS(=O)(=O)CC(=C)S(=O)(=O)c1ccc(C)cc1. The van der Waals surface area contributed by atoms with E-state index in [0.717, 1.165) is 5.56 Å². The maximum Gasteiger partial charge on any atom is 0.203 e. The lowest BCUT2D eigenvalue weighted by atomic mass is 10.2. The van der Waals surface area contributed by atoms with Gasteiger partial charge in [-0.2, -0.15) is 0 Å². The van der Waals surface area contributed by atoms with Crippen molar-refractivity contribution in [2.75, 3.05) is 11.5 Å². The zero-order valence-corrected chi connectivity index (χ0v) is 13.7. The summed E-state index contributed by atoms with van der Waals surface area (Å²) < 4.78 is 48.3. The monoisotopic (exact) mass is 328 g/mol. The van der Waals surface area contributed by atoms with Gasteiger partial charge < -0.3 is 0 Å². The fourth-order valence-electron chi connectivity index (χ4n) is 1.73. The van der Waals surface area contributed by atoms with Gasteiger partial charge in [-0.05, 0) is 31.9 Å². The molecule has 0 amide bonds. The summed E-state index contributed by atoms with van der Waals surface area (Å²) in [6.45, 7) is 8.81. The third kappa shape index (κ3) is 5.13. The molecule has 21 heavy (non-hydrogen) atoms. The molecule has 0 spiro atoms. The first-order valence-corrected chi connectivity index (χ1v) is 9.80. The lowest BCUT2D eigenvalue weighted by molar-refractivity contribution is 0.591. The Kier molecular flexibility index (Phi) is 5.92. The number of hydrogen-bond acceptors (Lipinski definition) is 4. The number of benzene rings is 1. The van der Waals surface area contributed by atoms with Crippen LogP contribution in [-0.4, -0.2) is 28.3 Å². The molecule has 0 unspecified atom stereocenters. The van der Waals surface area contributed by atoms with Crippen LogP contribution in [0.25, 0.3) is 0 Å². The highest BCUT2D eigenvalue weighted by atomic mass is 32.2. The van der Waals surface area contributed by atoms with Gasteiger partial charge in [0.2, 0.25) is 9.84 Å². The molecule has 0 aliphatic carbocycles. The van der Waals surface area contributed by atoms with E-state index in [2.05, 4.69) is 13.2 Å². The molecule has 0 aromatic heterocycles. The van der Waals surface area contributed by atoms with Gasteiger partial charge in [0.25, 0.3) is 0 Å². The van der Waals surface area contributed by atoms with Gasteiger partial charge in [0.1, 0.15) is 0 Å². The summed E-state index contributed by atoms with van der Waals surface area (Å²) in [6, 6.07) is 6.25. The number of unbranched alkanes of at least 4 members (excludes halogenated alkanes) is 1. The Bertz CT molecular complexity index is 711. The van der Waals surface area contributed by atoms with E-state index >= 15 is 0 Å². The molecule has 0 bridgehead atoms. The quantitative estimate of drug-likeness (QED) is 0.543. The summed E-state index contributed by atoms with van der Waals surface area (Å²) >= 11 is 0. The van der Waals surface area contributed by atoms with Gasteiger partial charge in [-0.3, -0.25) is 0 Å². The maximum atomic E-state index is 12.3. The number of aryl methyl sites for hydroxylation is 1. The van der Waals surface area contributed by atoms with Gasteiger partial charge in [0.15, 0.2) is 9.84 Å². The highest BCUT2D eigenvalue weighted by molar-refractivity contribution is 7.98. The zero-order valence-electron chi connectivity index (χ0n) is 12.1. The molecule has 116 valence electrons. The number of sulfone groups is 2. The molecule has 0 radical (unpaired) electrons. The van der Waals surface area contributed by atoms with Crippen LogP contribution < -0.4 is 0 Å². The van der Waals surface area contributed by atoms with Crippen LogP contribution in [0.5, 0.6) is 0 Å². The minimum atomic E-state index is -3.81. The van der Waals surface area contributed by atoms with Crippen molar-refractivity contribution in [2.45, 2.75) is 24.7 Å². The van der Waals surface area contributed by atoms with E-state index in [1.807, 2.05) is 6.92 Å². The Balaban J connectivity index is 2.87. The molecule has 1 rings (SSSR count). The Morgan fingerprint density at radius 1 is 1.14 bits per heavy atom. The first kappa shape index (κ1) is 17.7. The lowest BCUT2D eigenvalue weighted by Gasteiger charge is -2.09. The average Bonchev–Trinajstić information content (AvgIpc) is 2.38. The van der Waals surface area contributed by atoms with Gasteiger partial charge in [-0.25, -0.2) is 16.8 Å². The molecule has 1 aromatic rings. The van der Waals surface area contributed by atoms with Crippen LogP contribution in [-0.2, 0) is 19.7 Å². The van der Waals surface area contributed by atoms with Gasteiger partial charge in [-0.1, -0.05) is 30.4 Å². The third-order valence-electron chi connectivity index (χ3n) is 2.96. The van der Waals surface area contributed by atoms with E-state index in [9.17, 15) is 16.8 Å². The second kappa shape index (κ2) is 7.04. The van der Waals surface area contributed by atoms with E-state index < -0.39 is 25.4 Å². The van der Waals surface area contributed by atoms with Crippen molar-refractivity contribution in [3.8, 4) is 0 Å². The fraction of sp³-hybridized carbons (Fsp3) is 0.333. The first-order chi connectivity index (χ1) is 9.69. The summed E-state index contributed by atoms with van der Waals surface area (Å²) in [5.41, 5.74) is 0.927. The molecule has 0 atom stereocenters. The normalized spacial score (nSPS) is 12.0. The van der Waals surface area contributed by atoms with Crippen LogP contribution in [0.2, 0.25) is 0 Å². The number of rotatable bonds is 8. The van der Waals surface area contributed by atoms with E-state index in [1.54, 1.807) is 18.2 Å². The highest BCUT2D eigenvalue weighted by Gasteiger charge is 2.23. The van der Waals surface area contributed by atoms with Gasteiger partial charge in [0, 0.05) is 0 Å². The Labute approximate surface area is 127 Å². The van der Waals surface area contributed by atoms with Crippen molar-refractivity contribution in [3.05, 3.63) is 54.0 Å². The zero-order chi connectivity index (χ0) is 16.1. The minimum absolute atomic E-state index is 0.0680. The lowest BCUT2D eigenvalue weighted by Crippen LogP contribution is -2.17. The predicted molar refractivity (Wildman–Crippen MR) is 85.6 cm³/mol. The summed E-state index contributed by atoms with van der Waals surface area (Å²) in [6.07, 6.45) is 2.65. The summed E-state index contributed by atoms with van der Waals surface area (Å²) in [5, 5.41) is 0. The van der Waals surface area contributed by atoms with Gasteiger partial charge in [-0.15, -0.1) is 6.58 Å². The Morgan fingerprint density at radius 3 is 2.24 bits per heavy atom. The number of hydrogen-bond donors (Lipinski definition) is 0. The molecule has 0 aliphatic heterocycles. The Hall–Kier alpha value is -1.40. The average molecular weight is 328 g/mol. The van der Waals surface area contributed by atoms with Gasteiger partial charge in [0.05, 0.1) is 21.3 Å². The van der Waals surface area contributed by atoms with E-state index in [0.29, 0.717) is 12.8 Å². The van der Waals surface area contributed by atoms with Crippen molar-refractivity contribution in [3.63, 3.8) is 0 Å². The van der Waals surface area contributed by atoms with Crippen molar-refractivity contribution < 1.29 is 16.8 Å². The summed E-state index contributed by atoms with van der Waals surface area (Å²) in [4.78, 5) is -0.218. The van der Waals surface area contributed by atoms with Crippen LogP contribution in [0.1, 0.15) is 18.4 Å². The maximum absolute atomic E-state index is 12.3. The fourth-order valence-corrected chi connectivity index (χ4v) is 4.96. The van der Waals surface area contributed by atoms with Crippen LogP contribution in [0.4, 0.5) is 0 Å². The Morgan fingerprint density at radius 2 is 1.71 bits per heavy atom. The van der Waals surface area contributed by atoms with E-state index in [4.69, 9.17) is 0 Å². The third-order valence-corrected chi connectivity index (χ3v) is 6.63. The first-order valence-electron chi connectivity index (χ1n) is 6.50. The summed E-state index contributed by atoms with van der Waals surface area (Å²) in [7, 11) is -7.29.